The number of benzene rings is 2. The quantitative estimate of drug-likeness (QED) is 0.839. The Bertz CT molecular complexity index is 714. The van der Waals surface area contributed by atoms with E-state index in [2.05, 4.69) is 31.2 Å². The van der Waals surface area contributed by atoms with Crippen molar-refractivity contribution < 1.29 is 19.0 Å². The van der Waals surface area contributed by atoms with Gasteiger partial charge in [-0.1, -0.05) is 35.9 Å². The smallest absolute Gasteiger partial charge is 0.260 e. The van der Waals surface area contributed by atoms with Gasteiger partial charge in [0.2, 0.25) is 0 Å². The topological polar surface area (TPSA) is 48.0 Å². The Morgan fingerprint density at radius 3 is 2.72 bits per heavy atom. The highest BCUT2D eigenvalue weighted by molar-refractivity contribution is 5.78. The number of morpholine rings is 1. The molecule has 132 valence electrons. The zero-order valence-corrected chi connectivity index (χ0v) is 14.6. The van der Waals surface area contributed by atoms with Crippen molar-refractivity contribution in [1.29, 1.82) is 0 Å². The fraction of sp³-hybridized carbons (Fsp3) is 0.350. The molecular weight excluding hydrogens is 318 g/mol. The molecule has 25 heavy (non-hydrogen) atoms. The summed E-state index contributed by atoms with van der Waals surface area (Å²) in [5, 5.41) is 0. The second kappa shape index (κ2) is 8.03. The molecule has 0 aliphatic carbocycles. The van der Waals surface area contributed by atoms with Crippen LogP contribution in [0.25, 0.3) is 0 Å². The predicted octanol–water partition coefficient (Wildman–Crippen LogP) is 2.98. The van der Waals surface area contributed by atoms with Gasteiger partial charge in [-0.2, -0.15) is 0 Å². The Labute approximate surface area is 148 Å². The lowest BCUT2D eigenvalue weighted by atomic mass is 10.1. The monoisotopic (exact) mass is 341 g/mol. The first-order valence-electron chi connectivity index (χ1n) is 8.38. The van der Waals surface area contributed by atoms with Gasteiger partial charge in [-0.15, -0.1) is 0 Å². The Morgan fingerprint density at radius 1 is 1.20 bits per heavy atom. The number of carbonyl (C=O) groups excluding carboxylic acids is 1. The molecule has 0 spiro atoms. The summed E-state index contributed by atoms with van der Waals surface area (Å²) >= 11 is 0. The molecule has 1 fully saturated rings. The Hall–Kier alpha value is -2.53. The highest BCUT2D eigenvalue weighted by Gasteiger charge is 2.25. The molecule has 2 aromatic rings. The molecule has 1 aliphatic heterocycles. The van der Waals surface area contributed by atoms with E-state index in [0.29, 0.717) is 31.2 Å². The van der Waals surface area contributed by atoms with Crippen LogP contribution in [0.15, 0.2) is 48.5 Å². The van der Waals surface area contributed by atoms with Gasteiger partial charge in [0.15, 0.2) is 6.61 Å². The van der Waals surface area contributed by atoms with Crippen molar-refractivity contribution >= 4 is 5.91 Å². The molecule has 1 unspecified atom stereocenters. The lowest BCUT2D eigenvalue weighted by Gasteiger charge is -2.33. The molecule has 1 aliphatic rings. The molecule has 0 bridgehead atoms. The molecule has 1 atom stereocenters. The lowest BCUT2D eigenvalue weighted by Crippen LogP contribution is -2.44. The van der Waals surface area contributed by atoms with Gasteiger partial charge in [-0.25, -0.2) is 0 Å². The number of hydrogen-bond donors (Lipinski definition) is 0. The van der Waals surface area contributed by atoms with Gasteiger partial charge in [0.25, 0.3) is 5.91 Å². The van der Waals surface area contributed by atoms with E-state index in [0.717, 1.165) is 5.56 Å². The van der Waals surface area contributed by atoms with Gasteiger partial charge in [0, 0.05) is 12.6 Å². The third-order valence-corrected chi connectivity index (χ3v) is 4.27. The van der Waals surface area contributed by atoms with E-state index in [-0.39, 0.29) is 18.6 Å². The van der Waals surface area contributed by atoms with Crippen LogP contribution in [-0.2, 0) is 9.53 Å². The second-order valence-corrected chi connectivity index (χ2v) is 6.08. The zero-order chi connectivity index (χ0) is 17.6. The van der Waals surface area contributed by atoms with Crippen molar-refractivity contribution in [2.24, 2.45) is 0 Å². The maximum Gasteiger partial charge on any atom is 0.260 e. The number of carbonyl (C=O) groups is 1. The van der Waals surface area contributed by atoms with Crippen LogP contribution in [0.1, 0.15) is 17.2 Å². The van der Waals surface area contributed by atoms with Crippen LogP contribution in [0, 0.1) is 6.92 Å². The minimum absolute atomic E-state index is 0.00772. The highest BCUT2D eigenvalue weighted by Crippen LogP contribution is 2.23. The molecule has 0 radical (unpaired) electrons. The molecule has 0 saturated carbocycles. The molecule has 1 saturated heterocycles. The molecule has 0 N–H and O–H groups in total. The van der Waals surface area contributed by atoms with Crippen LogP contribution in [0.3, 0.4) is 0 Å². The predicted molar refractivity (Wildman–Crippen MR) is 94.9 cm³/mol. The van der Waals surface area contributed by atoms with E-state index in [9.17, 15) is 4.79 Å². The van der Waals surface area contributed by atoms with Crippen molar-refractivity contribution in [2.75, 3.05) is 33.4 Å². The number of hydrogen-bond acceptors (Lipinski definition) is 4. The van der Waals surface area contributed by atoms with Gasteiger partial charge >= 0.3 is 0 Å². The largest absolute Gasteiger partial charge is 0.497 e. The fourth-order valence-electron chi connectivity index (χ4n) is 2.79. The van der Waals surface area contributed by atoms with Crippen LogP contribution in [-0.4, -0.2) is 44.2 Å². The first-order chi connectivity index (χ1) is 12.2. The maximum absolute atomic E-state index is 12.5. The van der Waals surface area contributed by atoms with E-state index in [1.54, 1.807) is 18.1 Å². The van der Waals surface area contributed by atoms with Gasteiger partial charge in [-0.05, 0) is 24.6 Å². The number of ether oxygens (including phenoxy) is 3. The number of amides is 1. The molecule has 2 aromatic carbocycles. The Morgan fingerprint density at radius 2 is 1.96 bits per heavy atom. The van der Waals surface area contributed by atoms with Crippen molar-refractivity contribution in [3.8, 4) is 11.5 Å². The van der Waals surface area contributed by atoms with E-state index < -0.39 is 0 Å². The molecule has 3 rings (SSSR count). The lowest BCUT2D eigenvalue weighted by molar-refractivity contribution is -0.141. The van der Waals surface area contributed by atoms with E-state index >= 15 is 0 Å². The number of methoxy groups -OCH3 is 1. The zero-order valence-electron chi connectivity index (χ0n) is 14.6. The first-order valence-corrected chi connectivity index (χ1v) is 8.38. The first kappa shape index (κ1) is 17.3. The van der Waals surface area contributed by atoms with Crippen LogP contribution in [0.5, 0.6) is 11.5 Å². The van der Waals surface area contributed by atoms with Crippen LogP contribution in [0.2, 0.25) is 0 Å². The molecule has 1 heterocycles. The summed E-state index contributed by atoms with van der Waals surface area (Å²) in [7, 11) is 1.60. The van der Waals surface area contributed by atoms with E-state index in [1.807, 2.05) is 18.2 Å². The fourth-order valence-corrected chi connectivity index (χ4v) is 2.79. The average Bonchev–Trinajstić information content (AvgIpc) is 2.67. The number of rotatable bonds is 5. The van der Waals surface area contributed by atoms with Crippen molar-refractivity contribution in [3.05, 3.63) is 59.7 Å². The molecule has 5 heteroatoms. The number of aryl methyl sites for hydroxylation is 1. The minimum atomic E-state index is -0.0879. The van der Waals surface area contributed by atoms with Gasteiger partial charge < -0.3 is 19.1 Å². The Kier molecular flexibility index (Phi) is 5.56. The summed E-state index contributed by atoms with van der Waals surface area (Å²) in [6, 6.07) is 15.5. The summed E-state index contributed by atoms with van der Waals surface area (Å²) in [5.41, 5.74) is 2.30. The van der Waals surface area contributed by atoms with Crippen molar-refractivity contribution in [1.82, 2.24) is 4.90 Å². The molecule has 5 nitrogen and oxygen atoms in total. The van der Waals surface area contributed by atoms with Crippen molar-refractivity contribution in [3.63, 3.8) is 0 Å². The van der Waals surface area contributed by atoms with Gasteiger partial charge in [0.1, 0.15) is 17.6 Å². The van der Waals surface area contributed by atoms with E-state index in [1.165, 1.54) is 5.56 Å². The molecule has 0 aromatic heterocycles. The third kappa shape index (κ3) is 4.51. The molecule has 1 amide bonds. The molecular formula is C20H23NO4. The third-order valence-electron chi connectivity index (χ3n) is 4.27. The van der Waals surface area contributed by atoms with Crippen LogP contribution >= 0.6 is 0 Å². The standard InChI is InChI=1S/C20H23NO4/c1-15-6-8-16(9-7-15)19-13-21(10-11-24-19)20(22)14-25-18-5-3-4-17(12-18)23-2/h3-9,12,19H,10-11,13-14H2,1-2H3. The van der Waals surface area contributed by atoms with Gasteiger partial charge in [0.05, 0.1) is 20.3 Å². The normalized spacial score (nSPS) is 17.2. The number of nitrogens with zero attached hydrogens (tertiary/aromatic N) is 1. The SMILES string of the molecule is COc1cccc(OCC(=O)N2CCOC(c3ccc(C)cc3)C2)c1. The maximum atomic E-state index is 12.5. The summed E-state index contributed by atoms with van der Waals surface area (Å²) in [6.07, 6.45) is -0.0879. The Balaban J connectivity index is 1.57. The van der Waals surface area contributed by atoms with Crippen molar-refractivity contribution in [2.45, 2.75) is 13.0 Å². The van der Waals surface area contributed by atoms with Crippen LogP contribution in [0.4, 0.5) is 0 Å². The van der Waals surface area contributed by atoms with Crippen LogP contribution < -0.4 is 9.47 Å². The average molecular weight is 341 g/mol. The van der Waals surface area contributed by atoms with E-state index in [4.69, 9.17) is 14.2 Å². The summed E-state index contributed by atoms with van der Waals surface area (Å²) in [5.74, 6) is 1.29. The summed E-state index contributed by atoms with van der Waals surface area (Å²) in [4.78, 5) is 14.3. The minimum Gasteiger partial charge on any atom is -0.497 e. The highest BCUT2D eigenvalue weighted by atomic mass is 16.5. The summed E-state index contributed by atoms with van der Waals surface area (Å²) < 4.78 is 16.6. The second-order valence-electron chi connectivity index (χ2n) is 6.08. The summed E-state index contributed by atoms with van der Waals surface area (Å²) in [6.45, 7) is 3.72. The van der Waals surface area contributed by atoms with Gasteiger partial charge in [-0.3, -0.25) is 4.79 Å².